The van der Waals surface area contributed by atoms with E-state index in [-0.39, 0.29) is 5.91 Å². The highest BCUT2D eigenvalue weighted by Crippen LogP contribution is 2.24. The molecule has 0 spiro atoms. The van der Waals surface area contributed by atoms with Crippen molar-refractivity contribution in [3.05, 3.63) is 58.4 Å². The Bertz CT molecular complexity index is 786. The van der Waals surface area contributed by atoms with Crippen LogP contribution in [-0.2, 0) is 6.42 Å². The molecule has 1 aliphatic rings. The van der Waals surface area contributed by atoms with E-state index in [0.29, 0.717) is 36.7 Å². The predicted molar refractivity (Wildman–Crippen MR) is 90.2 cm³/mol. The Labute approximate surface area is 145 Å². The topological polar surface area (TPSA) is 46.1 Å². The van der Waals surface area contributed by atoms with Gasteiger partial charge in [0.15, 0.2) is 11.6 Å². The van der Waals surface area contributed by atoms with Gasteiger partial charge in [-0.1, -0.05) is 6.07 Å². The standard InChI is InChI=1S/C19H21F2N3O/c1-12-9-16(13(2)23-22-12)19(25)24-7-5-14(6-8-24)10-15-3-4-17(20)18(21)11-15/h3-4,9,11,14H,5-8,10H2,1-2H3. The average molecular weight is 345 g/mol. The molecule has 0 N–H and O–H groups in total. The third kappa shape index (κ3) is 4.00. The van der Waals surface area contributed by atoms with E-state index in [1.165, 1.54) is 12.1 Å². The van der Waals surface area contributed by atoms with Crippen LogP contribution in [0.2, 0.25) is 0 Å². The van der Waals surface area contributed by atoms with Crippen molar-refractivity contribution >= 4 is 5.91 Å². The van der Waals surface area contributed by atoms with Crippen LogP contribution < -0.4 is 0 Å². The van der Waals surface area contributed by atoms with Gasteiger partial charge in [0, 0.05) is 13.1 Å². The van der Waals surface area contributed by atoms with E-state index in [2.05, 4.69) is 10.2 Å². The van der Waals surface area contributed by atoms with Crippen molar-refractivity contribution in [2.75, 3.05) is 13.1 Å². The second kappa shape index (κ2) is 7.25. The minimum atomic E-state index is -0.819. The Balaban J connectivity index is 1.60. The van der Waals surface area contributed by atoms with Crippen LogP contribution in [0, 0.1) is 31.4 Å². The SMILES string of the molecule is Cc1cc(C(=O)N2CCC(Cc3ccc(F)c(F)c3)CC2)c(C)nn1. The molecular weight excluding hydrogens is 324 g/mol. The van der Waals surface area contributed by atoms with E-state index in [0.717, 1.165) is 24.1 Å². The Morgan fingerprint density at radius 3 is 2.52 bits per heavy atom. The largest absolute Gasteiger partial charge is 0.339 e. The molecule has 0 unspecified atom stereocenters. The third-order valence-corrected chi connectivity index (χ3v) is 4.74. The van der Waals surface area contributed by atoms with Gasteiger partial charge in [0.1, 0.15) is 0 Å². The van der Waals surface area contributed by atoms with Crippen molar-refractivity contribution in [1.29, 1.82) is 0 Å². The summed E-state index contributed by atoms with van der Waals surface area (Å²) in [6.07, 6.45) is 2.40. The van der Waals surface area contributed by atoms with Gasteiger partial charge in [-0.05, 0) is 62.8 Å². The van der Waals surface area contributed by atoms with Crippen LogP contribution in [0.3, 0.4) is 0 Å². The molecule has 1 aromatic heterocycles. The van der Waals surface area contributed by atoms with Crippen LogP contribution in [0.15, 0.2) is 24.3 Å². The molecule has 2 aromatic rings. The summed E-state index contributed by atoms with van der Waals surface area (Å²) in [5.74, 6) is -1.27. The molecule has 1 amide bonds. The number of nitrogens with zero attached hydrogens (tertiary/aromatic N) is 3. The van der Waals surface area contributed by atoms with Crippen LogP contribution in [0.4, 0.5) is 8.78 Å². The highest BCUT2D eigenvalue weighted by molar-refractivity contribution is 5.95. The Morgan fingerprint density at radius 1 is 1.12 bits per heavy atom. The average Bonchev–Trinajstić information content (AvgIpc) is 2.60. The highest BCUT2D eigenvalue weighted by Gasteiger charge is 2.25. The highest BCUT2D eigenvalue weighted by atomic mass is 19.2. The molecule has 1 fully saturated rings. The maximum Gasteiger partial charge on any atom is 0.255 e. The van der Waals surface area contributed by atoms with Crippen molar-refractivity contribution in [1.82, 2.24) is 15.1 Å². The fourth-order valence-electron chi connectivity index (χ4n) is 3.28. The number of hydrogen-bond donors (Lipinski definition) is 0. The lowest BCUT2D eigenvalue weighted by Gasteiger charge is -2.32. The fourth-order valence-corrected chi connectivity index (χ4v) is 3.28. The summed E-state index contributed by atoms with van der Waals surface area (Å²) >= 11 is 0. The molecule has 132 valence electrons. The number of halogens is 2. The summed E-state index contributed by atoms with van der Waals surface area (Å²) in [7, 11) is 0. The van der Waals surface area contributed by atoms with E-state index in [1.807, 2.05) is 11.8 Å². The number of benzene rings is 1. The van der Waals surface area contributed by atoms with Gasteiger partial charge in [-0.25, -0.2) is 8.78 Å². The number of piperidine rings is 1. The van der Waals surface area contributed by atoms with E-state index in [4.69, 9.17) is 0 Å². The minimum Gasteiger partial charge on any atom is -0.339 e. The number of aromatic nitrogens is 2. The number of rotatable bonds is 3. The van der Waals surface area contributed by atoms with Crippen molar-refractivity contribution < 1.29 is 13.6 Å². The molecule has 0 saturated carbocycles. The first kappa shape index (κ1) is 17.5. The molecule has 3 rings (SSSR count). The van der Waals surface area contributed by atoms with Gasteiger partial charge in [-0.3, -0.25) is 4.79 Å². The Hall–Kier alpha value is -2.37. The first-order chi connectivity index (χ1) is 11.9. The molecule has 0 bridgehead atoms. The summed E-state index contributed by atoms with van der Waals surface area (Å²) in [5, 5.41) is 7.98. The monoisotopic (exact) mass is 345 g/mol. The van der Waals surface area contributed by atoms with Gasteiger partial charge in [0.05, 0.1) is 17.0 Å². The summed E-state index contributed by atoms with van der Waals surface area (Å²) in [5.41, 5.74) is 2.77. The van der Waals surface area contributed by atoms with Gasteiger partial charge in [0.2, 0.25) is 0 Å². The van der Waals surface area contributed by atoms with E-state index in [9.17, 15) is 13.6 Å². The molecule has 0 aliphatic carbocycles. The maximum absolute atomic E-state index is 13.3. The fraction of sp³-hybridized carbons (Fsp3) is 0.421. The number of hydrogen-bond acceptors (Lipinski definition) is 3. The summed E-state index contributed by atoms with van der Waals surface area (Å²) in [4.78, 5) is 14.5. The van der Waals surface area contributed by atoms with Gasteiger partial charge in [-0.15, -0.1) is 0 Å². The molecule has 1 aliphatic heterocycles. The zero-order chi connectivity index (χ0) is 18.0. The second-order valence-corrected chi connectivity index (χ2v) is 6.67. The first-order valence-corrected chi connectivity index (χ1v) is 8.48. The molecule has 25 heavy (non-hydrogen) atoms. The quantitative estimate of drug-likeness (QED) is 0.856. The van der Waals surface area contributed by atoms with Gasteiger partial charge in [0.25, 0.3) is 5.91 Å². The number of carbonyl (C=O) groups excluding carboxylic acids is 1. The van der Waals surface area contributed by atoms with Crippen LogP contribution in [0.1, 0.15) is 40.2 Å². The van der Waals surface area contributed by atoms with Crippen LogP contribution in [0.5, 0.6) is 0 Å². The molecule has 1 aromatic carbocycles. The van der Waals surface area contributed by atoms with Crippen LogP contribution in [0.25, 0.3) is 0 Å². The number of aryl methyl sites for hydroxylation is 2. The molecule has 4 nitrogen and oxygen atoms in total. The lowest BCUT2D eigenvalue weighted by molar-refractivity contribution is 0.0689. The smallest absolute Gasteiger partial charge is 0.255 e. The van der Waals surface area contributed by atoms with Crippen molar-refractivity contribution in [3.8, 4) is 0 Å². The molecule has 1 saturated heterocycles. The normalized spacial score (nSPS) is 15.4. The number of carbonyl (C=O) groups is 1. The van der Waals surface area contributed by atoms with E-state index in [1.54, 1.807) is 19.1 Å². The molecular formula is C19H21F2N3O. The zero-order valence-electron chi connectivity index (χ0n) is 14.4. The zero-order valence-corrected chi connectivity index (χ0v) is 14.4. The van der Waals surface area contributed by atoms with Crippen molar-refractivity contribution in [3.63, 3.8) is 0 Å². The Kier molecular flexibility index (Phi) is 5.06. The lowest BCUT2D eigenvalue weighted by atomic mass is 9.90. The lowest BCUT2D eigenvalue weighted by Crippen LogP contribution is -2.39. The number of amides is 1. The molecule has 0 atom stereocenters. The van der Waals surface area contributed by atoms with Crippen molar-refractivity contribution in [2.24, 2.45) is 5.92 Å². The first-order valence-electron chi connectivity index (χ1n) is 8.48. The second-order valence-electron chi connectivity index (χ2n) is 6.67. The van der Waals surface area contributed by atoms with E-state index >= 15 is 0 Å². The van der Waals surface area contributed by atoms with Crippen LogP contribution >= 0.6 is 0 Å². The van der Waals surface area contributed by atoms with Crippen LogP contribution in [-0.4, -0.2) is 34.1 Å². The predicted octanol–water partition coefficient (Wildman–Crippen LogP) is 3.47. The van der Waals surface area contributed by atoms with E-state index < -0.39 is 11.6 Å². The van der Waals surface area contributed by atoms with Gasteiger partial charge < -0.3 is 4.90 Å². The Morgan fingerprint density at radius 2 is 1.84 bits per heavy atom. The molecule has 6 heteroatoms. The molecule has 0 radical (unpaired) electrons. The summed E-state index contributed by atoms with van der Waals surface area (Å²) < 4.78 is 26.3. The summed E-state index contributed by atoms with van der Waals surface area (Å²) in [6.45, 7) is 4.93. The number of likely N-dealkylation sites (tertiary alicyclic amines) is 1. The summed E-state index contributed by atoms with van der Waals surface area (Å²) in [6, 6.07) is 5.84. The third-order valence-electron chi connectivity index (χ3n) is 4.74. The maximum atomic E-state index is 13.3. The minimum absolute atomic E-state index is 0.0122. The van der Waals surface area contributed by atoms with Crippen molar-refractivity contribution in [2.45, 2.75) is 33.1 Å². The van der Waals surface area contributed by atoms with Gasteiger partial charge >= 0.3 is 0 Å². The molecule has 2 heterocycles. The van der Waals surface area contributed by atoms with Gasteiger partial charge in [-0.2, -0.15) is 10.2 Å².